The zero-order chi connectivity index (χ0) is 18.0. The van der Waals surface area contributed by atoms with Crippen LogP contribution < -0.4 is 5.32 Å². The lowest BCUT2D eigenvalue weighted by Gasteiger charge is -2.00. The maximum atomic E-state index is 12.2. The molecule has 1 amide bonds. The van der Waals surface area contributed by atoms with Gasteiger partial charge in [0.2, 0.25) is 0 Å². The van der Waals surface area contributed by atoms with E-state index in [1.807, 2.05) is 0 Å². The number of aromatic nitrogens is 1. The number of hydrogen-bond acceptors (Lipinski definition) is 8. The average molecular weight is 377 g/mol. The van der Waals surface area contributed by atoms with E-state index in [1.54, 1.807) is 25.1 Å². The van der Waals surface area contributed by atoms with Gasteiger partial charge in [-0.1, -0.05) is 22.7 Å². The number of anilines is 1. The Balaban J connectivity index is 1.80. The molecule has 0 saturated carbocycles. The van der Waals surface area contributed by atoms with Crippen LogP contribution in [0.15, 0.2) is 30.3 Å². The summed E-state index contributed by atoms with van der Waals surface area (Å²) in [6, 6.07) is 7.60. The van der Waals surface area contributed by atoms with Crippen LogP contribution in [0.1, 0.15) is 27.0 Å². The smallest absolute Gasteiger partial charge is 0.338 e. The fourth-order valence-electron chi connectivity index (χ4n) is 2.03. The number of amides is 1. The number of fused-ring (bicyclic) bond motifs is 1. The van der Waals surface area contributed by atoms with Gasteiger partial charge in [-0.05, 0) is 31.2 Å². The minimum absolute atomic E-state index is 0.103. The van der Waals surface area contributed by atoms with Gasteiger partial charge < -0.3 is 4.74 Å². The number of thiophene rings is 1. The van der Waals surface area contributed by atoms with Gasteiger partial charge in [-0.15, -0.1) is 0 Å². The number of nitro groups is 1. The van der Waals surface area contributed by atoms with Crippen molar-refractivity contribution in [3.8, 4) is 0 Å². The topological polar surface area (TPSA) is 111 Å². The highest BCUT2D eigenvalue weighted by Crippen LogP contribution is 2.29. The summed E-state index contributed by atoms with van der Waals surface area (Å²) in [6.07, 6.45) is 0. The van der Waals surface area contributed by atoms with Crippen LogP contribution >= 0.6 is 22.7 Å². The molecule has 128 valence electrons. The molecule has 0 saturated heterocycles. The maximum absolute atomic E-state index is 12.2. The molecule has 1 aromatic carbocycles. The minimum Gasteiger partial charge on any atom is -0.462 e. The van der Waals surface area contributed by atoms with Crippen LogP contribution in [0.3, 0.4) is 0 Å². The van der Waals surface area contributed by atoms with Crippen LogP contribution in [0.25, 0.3) is 10.2 Å². The van der Waals surface area contributed by atoms with Gasteiger partial charge in [-0.3, -0.25) is 20.2 Å². The van der Waals surface area contributed by atoms with Crippen molar-refractivity contribution >= 4 is 54.9 Å². The van der Waals surface area contributed by atoms with Crippen LogP contribution in [0.2, 0.25) is 0 Å². The second kappa shape index (κ2) is 6.95. The number of hydrogen-bond donors (Lipinski definition) is 1. The zero-order valence-electron chi connectivity index (χ0n) is 12.8. The molecule has 8 nitrogen and oxygen atoms in total. The second-order valence-corrected chi connectivity index (χ2v) is 6.86. The fourth-order valence-corrected chi connectivity index (χ4v) is 3.64. The average Bonchev–Trinajstić information content (AvgIpc) is 3.20. The molecule has 0 radical (unpaired) electrons. The van der Waals surface area contributed by atoms with Gasteiger partial charge in [0.25, 0.3) is 5.91 Å². The van der Waals surface area contributed by atoms with E-state index in [9.17, 15) is 19.7 Å². The predicted octanol–water partition coefficient (Wildman–Crippen LogP) is 3.70. The van der Waals surface area contributed by atoms with Crippen molar-refractivity contribution in [2.45, 2.75) is 6.92 Å². The van der Waals surface area contributed by atoms with Gasteiger partial charge >= 0.3 is 11.0 Å². The first kappa shape index (κ1) is 17.0. The van der Waals surface area contributed by atoms with E-state index in [1.165, 1.54) is 23.5 Å². The van der Waals surface area contributed by atoms with Crippen molar-refractivity contribution in [3.05, 3.63) is 50.9 Å². The number of benzene rings is 1. The maximum Gasteiger partial charge on any atom is 0.338 e. The highest BCUT2D eigenvalue weighted by atomic mass is 32.1. The van der Waals surface area contributed by atoms with Crippen molar-refractivity contribution in [2.75, 3.05) is 11.9 Å². The summed E-state index contributed by atoms with van der Waals surface area (Å²) in [5.41, 5.74) is 1.04. The molecule has 2 heterocycles. The third-order valence-corrected chi connectivity index (χ3v) is 5.08. The highest BCUT2D eigenvalue weighted by Gasteiger charge is 2.17. The molecule has 0 aliphatic heterocycles. The van der Waals surface area contributed by atoms with E-state index < -0.39 is 16.8 Å². The zero-order valence-corrected chi connectivity index (χ0v) is 14.5. The van der Waals surface area contributed by atoms with Crippen LogP contribution in [0.5, 0.6) is 0 Å². The Bertz CT molecular complexity index is 979. The van der Waals surface area contributed by atoms with Gasteiger partial charge in [0.15, 0.2) is 5.13 Å². The molecule has 10 heteroatoms. The summed E-state index contributed by atoms with van der Waals surface area (Å²) < 4.78 is 5.67. The Labute approximate surface area is 149 Å². The van der Waals surface area contributed by atoms with Gasteiger partial charge in [-0.25, -0.2) is 9.78 Å². The number of nitrogens with one attached hydrogen (secondary N) is 1. The number of ether oxygens (including phenoxy) is 1. The third kappa shape index (κ3) is 3.64. The molecule has 25 heavy (non-hydrogen) atoms. The van der Waals surface area contributed by atoms with E-state index in [2.05, 4.69) is 10.3 Å². The van der Waals surface area contributed by atoms with Gasteiger partial charge in [0.1, 0.15) is 0 Å². The predicted molar refractivity (Wildman–Crippen MR) is 94.5 cm³/mol. The van der Waals surface area contributed by atoms with E-state index in [0.29, 0.717) is 16.2 Å². The van der Waals surface area contributed by atoms with E-state index in [4.69, 9.17) is 4.74 Å². The van der Waals surface area contributed by atoms with Crippen molar-refractivity contribution in [1.82, 2.24) is 4.98 Å². The van der Waals surface area contributed by atoms with E-state index >= 15 is 0 Å². The molecular formula is C15H11N3O5S2. The number of nitrogens with zero attached hydrogens (tertiary/aromatic N) is 2. The van der Waals surface area contributed by atoms with Gasteiger partial charge in [0.05, 0.1) is 32.2 Å². The fraction of sp³-hybridized carbons (Fsp3) is 0.133. The molecule has 2 aromatic heterocycles. The minimum atomic E-state index is -0.546. The van der Waals surface area contributed by atoms with Crippen LogP contribution in [-0.2, 0) is 4.74 Å². The van der Waals surface area contributed by atoms with Crippen LogP contribution in [0.4, 0.5) is 10.1 Å². The Morgan fingerprint density at radius 2 is 2.08 bits per heavy atom. The standard InChI is InChI=1S/C15H11N3O5S2/c1-2-23-14(20)8-3-4-9-11(7-8)25-15(16-9)17-13(19)10-5-6-12(24-10)18(21)22/h3-7H,2H2,1H3,(H,16,17,19). The SMILES string of the molecule is CCOC(=O)c1ccc2nc(NC(=O)c3ccc([N+](=O)[O-])s3)sc2c1. The summed E-state index contributed by atoms with van der Waals surface area (Å²) in [7, 11) is 0. The number of carbonyl (C=O) groups excluding carboxylic acids is 2. The summed E-state index contributed by atoms with van der Waals surface area (Å²) in [5.74, 6) is -0.892. The molecule has 0 unspecified atom stereocenters. The Morgan fingerprint density at radius 3 is 2.76 bits per heavy atom. The monoisotopic (exact) mass is 377 g/mol. The Morgan fingerprint density at radius 1 is 1.28 bits per heavy atom. The number of esters is 1. The Hall–Kier alpha value is -2.85. The van der Waals surface area contributed by atoms with Crippen LogP contribution in [0, 0.1) is 10.1 Å². The number of carbonyl (C=O) groups is 2. The molecule has 0 bridgehead atoms. The summed E-state index contributed by atoms with van der Waals surface area (Å²) in [5, 5.41) is 13.5. The summed E-state index contributed by atoms with van der Waals surface area (Å²) in [6.45, 7) is 2.01. The lowest BCUT2D eigenvalue weighted by molar-refractivity contribution is -0.380. The molecule has 0 atom stereocenters. The van der Waals surface area contributed by atoms with Gasteiger partial charge in [0, 0.05) is 6.07 Å². The lowest BCUT2D eigenvalue weighted by Crippen LogP contribution is -2.09. The number of thiazole rings is 1. The normalized spacial score (nSPS) is 10.6. The first-order valence-electron chi connectivity index (χ1n) is 7.11. The van der Waals surface area contributed by atoms with E-state index in [-0.39, 0.29) is 16.5 Å². The second-order valence-electron chi connectivity index (χ2n) is 4.77. The molecular weight excluding hydrogens is 366 g/mol. The summed E-state index contributed by atoms with van der Waals surface area (Å²) in [4.78, 5) is 38.5. The molecule has 0 spiro atoms. The largest absolute Gasteiger partial charge is 0.462 e. The Kier molecular flexibility index (Phi) is 4.72. The molecule has 3 rings (SSSR count). The number of rotatable bonds is 5. The van der Waals surface area contributed by atoms with Crippen LogP contribution in [-0.4, -0.2) is 28.4 Å². The van der Waals surface area contributed by atoms with E-state index in [0.717, 1.165) is 16.0 Å². The van der Waals surface area contributed by atoms with Gasteiger partial charge in [-0.2, -0.15) is 0 Å². The van der Waals surface area contributed by atoms with Crippen molar-refractivity contribution in [3.63, 3.8) is 0 Å². The lowest BCUT2D eigenvalue weighted by atomic mass is 10.2. The molecule has 1 N–H and O–H groups in total. The third-order valence-electron chi connectivity index (χ3n) is 3.12. The first-order chi connectivity index (χ1) is 12.0. The summed E-state index contributed by atoms with van der Waals surface area (Å²) >= 11 is 1.99. The molecule has 0 fully saturated rings. The first-order valence-corrected chi connectivity index (χ1v) is 8.74. The quantitative estimate of drug-likeness (QED) is 0.412. The molecule has 3 aromatic rings. The molecule has 0 aliphatic rings. The van der Waals surface area contributed by atoms with Crippen molar-refractivity contribution in [1.29, 1.82) is 0 Å². The molecule has 0 aliphatic carbocycles. The van der Waals surface area contributed by atoms with Crippen molar-refractivity contribution < 1.29 is 19.2 Å². The highest BCUT2D eigenvalue weighted by molar-refractivity contribution is 7.22. The van der Waals surface area contributed by atoms with Crippen molar-refractivity contribution in [2.24, 2.45) is 0 Å².